The minimum Gasteiger partial charge on any atom is -0.455 e. The van der Waals surface area contributed by atoms with Gasteiger partial charge in [0.2, 0.25) is 0 Å². The second-order valence-corrected chi connectivity index (χ2v) is 12.7. The van der Waals surface area contributed by atoms with E-state index in [4.69, 9.17) is 4.42 Å². The third kappa shape index (κ3) is 3.87. The molecule has 1 heteroatoms. The molecule has 0 aliphatic heterocycles. The van der Waals surface area contributed by atoms with Crippen LogP contribution in [-0.2, 0) is 0 Å². The van der Waals surface area contributed by atoms with Gasteiger partial charge in [0.15, 0.2) is 0 Å². The highest BCUT2D eigenvalue weighted by atomic mass is 16.3. The Morgan fingerprint density at radius 2 is 1.24 bits per heavy atom. The van der Waals surface area contributed by atoms with Gasteiger partial charge >= 0.3 is 0 Å². The average molecular weight is 579 g/mol. The topological polar surface area (TPSA) is 13.1 Å². The SMILES string of the molecule is C=Cc1cc(-c2ccccc2-c2ccc3ccc4cccc5c6oc7c(C=C)cccc7c6c2c3c45)ccc1C1CCCCC1. The fourth-order valence-corrected chi connectivity index (χ4v) is 8.28. The molecule has 0 N–H and O–H groups in total. The second-order valence-electron chi connectivity index (χ2n) is 12.7. The summed E-state index contributed by atoms with van der Waals surface area (Å²) in [6.45, 7) is 8.34. The van der Waals surface area contributed by atoms with E-state index >= 15 is 0 Å². The molecule has 1 nitrogen and oxygen atoms in total. The molecular weight excluding hydrogens is 544 g/mol. The van der Waals surface area contributed by atoms with E-state index in [0.29, 0.717) is 5.92 Å². The minimum absolute atomic E-state index is 0.636. The van der Waals surface area contributed by atoms with Crippen molar-refractivity contribution < 1.29 is 4.42 Å². The lowest BCUT2D eigenvalue weighted by Crippen LogP contribution is -2.06. The van der Waals surface area contributed by atoms with E-state index in [9.17, 15) is 0 Å². The van der Waals surface area contributed by atoms with E-state index in [1.165, 1.54) is 97.8 Å². The molecular formula is C44H34O. The van der Waals surface area contributed by atoms with Gasteiger partial charge in [0, 0.05) is 32.5 Å². The Kier molecular flexibility index (Phi) is 5.96. The number of benzene rings is 7. The zero-order valence-electron chi connectivity index (χ0n) is 25.4. The van der Waals surface area contributed by atoms with Gasteiger partial charge in [-0.05, 0) is 74.4 Å². The zero-order valence-corrected chi connectivity index (χ0v) is 25.4. The Hall–Kier alpha value is -5.14. The second kappa shape index (κ2) is 10.2. The lowest BCUT2D eigenvalue weighted by Gasteiger charge is -2.24. The van der Waals surface area contributed by atoms with Gasteiger partial charge in [-0.15, -0.1) is 0 Å². The van der Waals surface area contributed by atoms with Gasteiger partial charge in [-0.3, -0.25) is 0 Å². The van der Waals surface area contributed by atoms with Crippen LogP contribution in [-0.4, -0.2) is 0 Å². The number of rotatable bonds is 5. The molecule has 7 aromatic carbocycles. The van der Waals surface area contributed by atoms with Crippen molar-refractivity contribution >= 4 is 66.4 Å². The molecule has 0 radical (unpaired) electrons. The third-order valence-electron chi connectivity index (χ3n) is 10.4. The summed E-state index contributed by atoms with van der Waals surface area (Å²) in [4.78, 5) is 0. The van der Waals surface area contributed by atoms with Gasteiger partial charge in [0.25, 0.3) is 0 Å². The van der Waals surface area contributed by atoms with Crippen molar-refractivity contribution in [1.29, 1.82) is 0 Å². The predicted octanol–water partition coefficient (Wildman–Crippen LogP) is 13.2. The molecule has 0 spiro atoms. The van der Waals surface area contributed by atoms with E-state index in [-0.39, 0.29) is 0 Å². The van der Waals surface area contributed by atoms with Crippen LogP contribution in [0.15, 0.2) is 121 Å². The molecule has 0 unspecified atom stereocenters. The van der Waals surface area contributed by atoms with E-state index in [0.717, 1.165) is 27.5 Å². The number of para-hydroxylation sites is 1. The quantitative estimate of drug-likeness (QED) is 0.185. The van der Waals surface area contributed by atoms with Gasteiger partial charge in [-0.2, -0.15) is 0 Å². The Labute approximate surface area is 263 Å². The highest BCUT2D eigenvalue weighted by Gasteiger charge is 2.23. The van der Waals surface area contributed by atoms with Crippen molar-refractivity contribution in [1.82, 2.24) is 0 Å². The Morgan fingerprint density at radius 3 is 2.04 bits per heavy atom. The van der Waals surface area contributed by atoms with Crippen molar-refractivity contribution in [3.8, 4) is 22.3 Å². The van der Waals surface area contributed by atoms with Crippen molar-refractivity contribution in [2.75, 3.05) is 0 Å². The van der Waals surface area contributed by atoms with Gasteiger partial charge in [-0.1, -0.05) is 142 Å². The van der Waals surface area contributed by atoms with Crippen LogP contribution in [0.25, 0.3) is 88.7 Å². The lowest BCUT2D eigenvalue weighted by atomic mass is 9.80. The summed E-state index contributed by atoms with van der Waals surface area (Å²) in [5.74, 6) is 0.636. The van der Waals surface area contributed by atoms with E-state index in [1.54, 1.807) is 0 Å². The molecule has 1 aliphatic carbocycles. The molecule has 0 amide bonds. The number of hydrogen-bond donors (Lipinski definition) is 0. The lowest BCUT2D eigenvalue weighted by molar-refractivity contribution is 0.443. The van der Waals surface area contributed by atoms with Crippen molar-refractivity contribution in [2.24, 2.45) is 0 Å². The normalized spacial score (nSPS) is 14.3. The summed E-state index contributed by atoms with van der Waals surface area (Å²) >= 11 is 0. The van der Waals surface area contributed by atoms with Gasteiger partial charge in [0.05, 0.1) is 0 Å². The first-order valence-electron chi connectivity index (χ1n) is 16.3. The smallest absolute Gasteiger partial charge is 0.143 e. The zero-order chi connectivity index (χ0) is 30.1. The van der Waals surface area contributed by atoms with Gasteiger partial charge in [0.1, 0.15) is 11.2 Å². The Balaban J connectivity index is 1.38. The first-order chi connectivity index (χ1) is 22.2. The maximum Gasteiger partial charge on any atom is 0.143 e. The Bertz CT molecular complexity index is 2450. The molecule has 1 aliphatic rings. The highest BCUT2D eigenvalue weighted by Crippen LogP contribution is 2.49. The standard InChI is InChI=1S/C44H34O/c1-3-27-14-10-19-38-42-41-36(25-22-31-21-20-30-15-11-18-37(39(30)40(31)41)44(42)45-43(27)38)35-17-9-8-16-34(35)32-23-24-33(28(4-2)26-32)29-12-6-5-7-13-29/h3-4,8-11,14-26,29H,1-2,5-7,12-13H2. The monoisotopic (exact) mass is 578 g/mol. The summed E-state index contributed by atoms with van der Waals surface area (Å²) in [6.07, 6.45) is 10.5. The summed E-state index contributed by atoms with van der Waals surface area (Å²) < 4.78 is 6.82. The molecule has 0 bridgehead atoms. The fourth-order valence-electron chi connectivity index (χ4n) is 8.28. The molecule has 0 saturated heterocycles. The first-order valence-corrected chi connectivity index (χ1v) is 16.3. The van der Waals surface area contributed by atoms with E-state index < -0.39 is 0 Å². The molecule has 1 saturated carbocycles. The summed E-state index contributed by atoms with van der Waals surface area (Å²) in [5.41, 5.74) is 10.5. The maximum atomic E-state index is 6.82. The fraction of sp³-hybridized carbons (Fsp3) is 0.136. The highest BCUT2D eigenvalue weighted by molar-refractivity contribution is 6.39. The van der Waals surface area contributed by atoms with Crippen molar-refractivity contribution in [3.63, 3.8) is 0 Å². The van der Waals surface area contributed by atoms with E-state index in [2.05, 4.69) is 122 Å². The minimum atomic E-state index is 0.636. The third-order valence-corrected chi connectivity index (χ3v) is 10.4. The molecule has 1 aromatic heterocycles. The molecule has 45 heavy (non-hydrogen) atoms. The van der Waals surface area contributed by atoms with Crippen LogP contribution in [0.5, 0.6) is 0 Å². The van der Waals surface area contributed by atoms with Crippen LogP contribution in [0, 0.1) is 0 Å². The van der Waals surface area contributed by atoms with Gasteiger partial charge < -0.3 is 4.42 Å². The van der Waals surface area contributed by atoms with E-state index in [1.807, 2.05) is 6.08 Å². The summed E-state index contributed by atoms with van der Waals surface area (Å²) in [6, 6.07) is 38.1. The molecule has 0 atom stereocenters. The van der Waals surface area contributed by atoms with Gasteiger partial charge in [-0.25, -0.2) is 0 Å². The molecule has 9 rings (SSSR count). The molecule has 8 aromatic rings. The maximum absolute atomic E-state index is 6.82. The first kappa shape index (κ1) is 26.3. The number of fused-ring (bicyclic) bond motifs is 5. The van der Waals surface area contributed by atoms with Crippen molar-refractivity contribution in [3.05, 3.63) is 133 Å². The van der Waals surface area contributed by atoms with Crippen LogP contribution >= 0.6 is 0 Å². The predicted molar refractivity (Wildman–Crippen MR) is 194 cm³/mol. The molecule has 216 valence electrons. The Morgan fingerprint density at radius 1 is 0.533 bits per heavy atom. The summed E-state index contributed by atoms with van der Waals surface area (Å²) in [7, 11) is 0. The van der Waals surface area contributed by atoms with Crippen LogP contribution in [0.1, 0.15) is 54.7 Å². The largest absolute Gasteiger partial charge is 0.455 e. The average Bonchev–Trinajstić information content (AvgIpc) is 3.51. The number of hydrogen-bond acceptors (Lipinski definition) is 1. The van der Waals surface area contributed by atoms with Crippen LogP contribution in [0.3, 0.4) is 0 Å². The molecule has 1 fully saturated rings. The van der Waals surface area contributed by atoms with Crippen LogP contribution in [0.2, 0.25) is 0 Å². The molecule has 1 heterocycles. The van der Waals surface area contributed by atoms with Crippen LogP contribution < -0.4 is 0 Å². The van der Waals surface area contributed by atoms with Crippen LogP contribution in [0.4, 0.5) is 0 Å². The van der Waals surface area contributed by atoms with Crippen molar-refractivity contribution in [2.45, 2.75) is 38.0 Å². The number of furan rings is 1. The summed E-state index contributed by atoms with van der Waals surface area (Å²) in [5, 5.41) is 9.76.